The third kappa shape index (κ3) is 7.46. The Hall–Kier alpha value is -7.16. The van der Waals surface area contributed by atoms with Crippen LogP contribution in [0.2, 0.25) is 0 Å². The van der Waals surface area contributed by atoms with Crippen molar-refractivity contribution in [2.24, 2.45) is 0 Å². The summed E-state index contributed by atoms with van der Waals surface area (Å²) in [7, 11) is 0. The van der Waals surface area contributed by atoms with Crippen LogP contribution < -0.4 is 4.90 Å². The molecular formula is C55H43NO. The number of benzene rings is 8. The highest BCUT2D eigenvalue weighted by molar-refractivity contribution is 6.07. The van der Waals surface area contributed by atoms with E-state index in [1.165, 1.54) is 55.6 Å². The van der Waals surface area contributed by atoms with Crippen LogP contribution >= 0.6 is 0 Å². The average Bonchev–Trinajstić information content (AvgIpc) is 3.65. The molecule has 9 aromatic rings. The number of hydrogen-bond acceptors (Lipinski definition) is 2. The van der Waals surface area contributed by atoms with Crippen molar-refractivity contribution in [1.29, 1.82) is 0 Å². The molecule has 0 N–H and O–H groups in total. The molecule has 0 atom stereocenters. The molecule has 0 radical (unpaired) electrons. The highest BCUT2D eigenvalue weighted by Gasteiger charge is 2.15. The van der Waals surface area contributed by atoms with Gasteiger partial charge < -0.3 is 9.32 Å². The molecule has 2 nitrogen and oxygen atoms in total. The second-order valence-corrected chi connectivity index (χ2v) is 14.6. The zero-order valence-electron chi connectivity index (χ0n) is 32.1. The Balaban J connectivity index is 0.998. The predicted molar refractivity (Wildman–Crippen MR) is 243 cm³/mol. The van der Waals surface area contributed by atoms with Crippen molar-refractivity contribution in [3.8, 4) is 44.5 Å². The number of unbranched alkanes of at least 4 members (excludes halogenated alkanes) is 1. The zero-order chi connectivity index (χ0) is 38.6. The minimum absolute atomic E-state index is 0.902. The minimum atomic E-state index is 0.902. The molecule has 1 heterocycles. The van der Waals surface area contributed by atoms with Crippen molar-refractivity contribution in [2.75, 3.05) is 4.90 Å². The van der Waals surface area contributed by atoms with Gasteiger partial charge in [0.25, 0.3) is 0 Å². The van der Waals surface area contributed by atoms with Crippen LogP contribution in [0.15, 0.2) is 217 Å². The Labute approximate surface area is 335 Å². The quantitative estimate of drug-likeness (QED) is 0.0972. The topological polar surface area (TPSA) is 16.4 Å². The van der Waals surface area contributed by atoms with E-state index in [0.717, 1.165) is 51.8 Å². The van der Waals surface area contributed by atoms with Crippen molar-refractivity contribution in [1.82, 2.24) is 0 Å². The zero-order valence-corrected chi connectivity index (χ0v) is 32.1. The number of hydrogen-bond donors (Lipinski definition) is 0. The van der Waals surface area contributed by atoms with Crippen LogP contribution in [0.3, 0.4) is 0 Å². The molecular weight excluding hydrogens is 691 g/mol. The van der Waals surface area contributed by atoms with Gasteiger partial charge in [-0.1, -0.05) is 146 Å². The lowest BCUT2D eigenvalue weighted by Gasteiger charge is -2.26. The monoisotopic (exact) mass is 733 g/mol. The molecule has 0 fully saturated rings. The van der Waals surface area contributed by atoms with Gasteiger partial charge in [0.15, 0.2) is 0 Å². The van der Waals surface area contributed by atoms with E-state index in [4.69, 9.17) is 4.42 Å². The van der Waals surface area contributed by atoms with Crippen LogP contribution in [0.1, 0.15) is 25.3 Å². The van der Waals surface area contributed by atoms with E-state index >= 15 is 0 Å². The van der Waals surface area contributed by atoms with Crippen molar-refractivity contribution in [2.45, 2.75) is 19.8 Å². The SMILES string of the molecule is C=CCC/C=C(\C)c1ccc(N(c2ccc(-c3ccccc3)cc2)c2ccc(-c3ccc(-c4ccc5oc6ccc(-c7ccccc7)cc6c5c4)cc3)cc2)cc1. The van der Waals surface area contributed by atoms with E-state index in [9.17, 15) is 0 Å². The summed E-state index contributed by atoms with van der Waals surface area (Å²) < 4.78 is 6.24. The molecule has 0 saturated carbocycles. The highest BCUT2D eigenvalue weighted by Crippen LogP contribution is 2.39. The van der Waals surface area contributed by atoms with E-state index in [0.29, 0.717) is 0 Å². The Morgan fingerprint density at radius 2 is 0.807 bits per heavy atom. The second-order valence-electron chi connectivity index (χ2n) is 14.6. The van der Waals surface area contributed by atoms with Crippen molar-refractivity contribution < 1.29 is 4.42 Å². The molecule has 1 aromatic heterocycles. The number of nitrogens with zero attached hydrogens (tertiary/aromatic N) is 1. The molecule has 9 rings (SSSR count). The third-order valence-corrected chi connectivity index (χ3v) is 10.9. The lowest BCUT2D eigenvalue weighted by Crippen LogP contribution is -2.09. The minimum Gasteiger partial charge on any atom is -0.456 e. The van der Waals surface area contributed by atoms with E-state index in [2.05, 4.69) is 219 Å². The first-order valence-electron chi connectivity index (χ1n) is 19.7. The van der Waals surface area contributed by atoms with E-state index in [-0.39, 0.29) is 0 Å². The number of anilines is 3. The molecule has 0 unspecified atom stereocenters. The molecule has 57 heavy (non-hydrogen) atoms. The lowest BCUT2D eigenvalue weighted by molar-refractivity contribution is 0.669. The summed E-state index contributed by atoms with van der Waals surface area (Å²) in [4.78, 5) is 2.33. The largest absolute Gasteiger partial charge is 0.456 e. The lowest BCUT2D eigenvalue weighted by atomic mass is 9.98. The maximum Gasteiger partial charge on any atom is 0.135 e. The molecule has 0 amide bonds. The van der Waals surface area contributed by atoms with Crippen molar-refractivity contribution >= 4 is 44.6 Å². The highest BCUT2D eigenvalue weighted by atomic mass is 16.3. The fraction of sp³-hybridized carbons (Fsp3) is 0.0545. The number of rotatable bonds is 11. The molecule has 8 aromatic carbocycles. The summed E-state index contributed by atoms with van der Waals surface area (Å²) in [6, 6.07) is 69.6. The molecule has 274 valence electrons. The summed E-state index contributed by atoms with van der Waals surface area (Å²) in [6.45, 7) is 6.05. The van der Waals surface area contributed by atoms with E-state index in [1.807, 2.05) is 6.08 Å². The maximum atomic E-state index is 6.24. The number of fused-ring (bicyclic) bond motifs is 3. The first-order valence-corrected chi connectivity index (χ1v) is 19.7. The molecule has 0 aliphatic carbocycles. The van der Waals surface area contributed by atoms with Crippen LogP contribution in [0, 0.1) is 0 Å². The normalized spacial score (nSPS) is 11.6. The Kier molecular flexibility index (Phi) is 9.91. The van der Waals surface area contributed by atoms with Crippen LogP contribution in [0.4, 0.5) is 17.1 Å². The summed E-state index contributed by atoms with van der Waals surface area (Å²) in [5.41, 5.74) is 17.1. The smallest absolute Gasteiger partial charge is 0.135 e. The Bertz CT molecular complexity index is 2810. The fourth-order valence-corrected chi connectivity index (χ4v) is 7.71. The van der Waals surface area contributed by atoms with Gasteiger partial charge in [0, 0.05) is 27.8 Å². The first kappa shape index (κ1) is 35.5. The Morgan fingerprint density at radius 1 is 0.439 bits per heavy atom. The summed E-state index contributed by atoms with van der Waals surface area (Å²) in [6.07, 6.45) is 6.25. The van der Waals surface area contributed by atoms with Gasteiger partial charge in [-0.05, 0) is 136 Å². The van der Waals surface area contributed by atoms with Crippen LogP contribution in [0.5, 0.6) is 0 Å². The Morgan fingerprint density at radius 3 is 1.26 bits per heavy atom. The molecule has 2 heteroatoms. The van der Waals surface area contributed by atoms with Gasteiger partial charge >= 0.3 is 0 Å². The van der Waals surface area contributed by atoms with E-state index < -0.39 is 0 Å². The third-order valence-electron chi connectivity index (χ3n) is 10.9. The summed E-state index contributed by atoms with van der Waals surface area (Å²) >= 11 is 0. The second kappa shape index (κ2) is 15.9. The number of furan rings is 1. The molecule has 0 bridgehead atoms. The van der Waals surface area contributed by atoms with Gasteiger partial charge in [-0.15, -0.1) is 6.58 Å². The molecule has 0 saturated heterocycles. The van der Waals surface area contributed by atoms with Crippen molar-refractivity contribution in [3.05, 3.63) is 218 Å². The van der Waals surface area contributed by atoms with Gasteiger partial charge in [0.2, 0.25) is 0 Å². The summed E-state index contributed by atoms with van der Waals surface area (Å²) in [5, 5.41) is 2.26. The van der Waals surface area contributed by atoms with E-state index in [1.54, 1.807) is 0 Å². The fourth-order valence-electron chi connectivity index (χ4n) is 7.71. The predicted octanol–water partition coefficient (Wildman–Crippen LogP) is 16.1. The maximum absolute atomic E-state index is 6.24. The van der Waals surface area contributed by atoms with Gasteiger partial charge in [0.1, 0.15) is 11.2 Å². The standard InChI is InChI=1S/C55H43NO/c1-3-4-7-12-39(2)40-21-29-49(30-22-40)56(50-31-23-44(24-32-50)41-13-8-5-9-14-41)51-33-25-45(26-34-51)43-17-19-46(20-18-43)48-28-36-55-53(38-48)52-37-47(27-35-54(52)57-55)42-15-10-6-11-16-42/h3,5-6,8-38H,1,4,7H2,2H3/b39-12+. The van der Waals surface area contributed by atoms with Gasteiger partial charge in [0.05, 0.1) is 0 Å². The molecule has 0 aliphatic heterocycles. The van der Waals surface area contributed by atoms with Crippen LogP contribution in [-0.2, 0) is 0 Å². The van der Waals surface area contributed by atoms with Crippen molar-refractivity contribution in [3.63, 3.8) is 0 Å². The van der Waals surface area contributed by atoms with Crippen LogP contribution in [0.25, 0.3) is 72.0 Å². The van der Waals surface area contributed by atoms with Gasteiger partial charge in [-0.3, -0.25) is 0 Å². The molecule has 0 spiro atoms. The van der Waals surface area contributed by atoms with Gasteiger partial charge in [-0.2, -0.15) is 0 Å². The first-order chi connectivity index (χ1) is 28.1. The summed E-state index contributed by atoms with van der Waals surface area (Å²) in [5.74, 6) is 0. The molecule has 0 aliphatic rings. The van der Waals surface area contributed by atoms with Gasteiger partial charge in [-0.25, -0.2) is 0 Å². The average molecular weight is 734 g/mol. The number of allylic oxidation sites excluding steroid dienone is 3. The van der Waals surface area contributed by atoms with Crippen LogP contribution in [-0.4, -0.2) is 0 Å².